The van der Waals surface area contributed by atoms with Gasteiger partial charge in [0.15, 0.2) is 6.10 Å². The third kappa shape index (κ3) is 2.98. The highest BCUT2D eigenvalue weighted by atomic mass is 19.4. The maximum absolute atomic E-state index is 12.2. The molecule has 0 spiro atoms. The zero-order valence-electron chi connectivity index (χ0n) is 9.25. The van der Waals surface area contributed by atoms with Crippen molar-refractivity contribution in [3.63, 3.8) is 0 Å². The molecule has 1 unspecified atom stereocenters. The maximum Gasteiger partial charge on any atom is 0.416 e. The fourth-order valence-electron chi connectivity index (χ4n) is 1.40. The van der Waals surface area contributed by atoms with E-state index in [1.54, 1.807) is 6.07 Å². The lowest BCUT2D eigenvalue weighted by Crippen LogP contribution is -2.33. The van der Waals surface area contributed by atoms with Crippen LogP contribution in [0.3, 0.4) is 0 Å². The number of aryl methyl sites for hydroxylation is 2. The predicted octanol–water partition coefficient (Wildman–Crippen LogP) is 1.93. The SMILES string of the molecule is CCc1cc(CC)n(CC(O)C(F)(F)F)n1. The quantitative estimate of drug-likeness (QED) is 0.867. The number of halogens is 3. The molecule has 0 fully saturated rings. The molecule has 0 aromatic carbocycles. The molecule has 6 heteroatoms. The van der Waals surface area contributed by atoms with Crippen LogP contribution in [0, 0.1) is 0 Å². The van der Waals surface area contributed by atoms with E-state index in [0.717, 1.165) is 5.69 Å². The van der Waals surface area contributed by atoms with Crippen molar-refractivity contribution in [2.75, 3.05) is 0 Å². The molecule has 1 N–H and O–H groups in total. The van der Waals surface area contributed by atoms with Gasteiger partial charge in [0.25, 0.3) is 0 Å². The molecule has 0 aliphatic rings. The van der Waals surface area contributed by atoms with E-state index < -0.39 is 18.8 Å². The van der Waals surface area contributed by atoms with Crippen LogP contribution in [-0.4, -0.2) is 27.2 Å². The number of hydrogen-bond donors (Lipinski definition) is 1. The Hall–Kier alpha value is -1.04. The lowest BCUT2D eigenvalue weighted by molar-refractivity contribution is -0.208. The fourth-order valence-corrected chi connectivity index (χ4v) is 1.40. The second kappa shape index (κ2) is 4.86. The molecule has 0 aliphatic heterocycles. The molecule has 1 aromatic rings. The van der Waals surface area contributed by atoms with E-state index in [1.165, 1.54) is 4.68 Å². The second-order valence-electron chi connectivity index (χ2n) is 3.57. The van der Waals surface area contributed by atoms with Gasteiger partial charge in [-0.3, -0.25) is 4.68 Å². The predicted molar refractivity (Wildman–Crippen MR) is 53.0 cm³/mol. The summed E-state index contributed by atoms with van der Waals surface area (Å²) in [6.07, 6.45) is -5.69. The minimum atomic E-state index is -4.59. The summed E-state index contributed by atoms with van der Waals surface area (Å²) in [5.41, 5.74) is 1.45. The molecule has 0 bridgehead atoms. The molecule has 3 nitrogen and oxygen atoms in total. The summed E-state index contributed by atoms with van der Waals surface area (Å²) in [5, 5.41) is 13.0. The average Bonchev–Trinajstić information content (AvgIpc) is 2.59. The molecule has 1 atom stereocenters. The Kier molecular flexibility index (Phi) is 3.96. The van der Waals surface area contributed by atoms with Gasteiger partial charge in [0.1, 0.15) is 0 Å². The summed E-state index contributed by atoms with van der Waals surface area (Å²) >= 11 is 0. The lowest BCUT2D eigenvalue weighted by atomic mass is 10.2. The van der Waals surface area contributed by atoms with E-state index in [-0.39, 0.29) is 0 Å². The number of alkyl halides is 3. The van der Waals surface area contributed by atoms with Gasteiger partial charge in [-0.1, -0.05) is 13.8 Å². The number of nitrogens with zero attached hydrogens (tertiary/aromatic N) is 2. The van der Waals surface area contributed by atoms with Crippen LogP contribution in [0.15, 0.2) is 6.07 Å². The molecule has 0 aliphatic carbocycles. The Morgan fingerprint density at radius 1 is 1.38 bits per heavy atom. The van der Waals surface area contributed by atoms with Crippen LogP contribution >= 0.6 is 0 Å². The highest BCUT2D eigenvalue weighted by molar-refractivity contribution is 5.10. The summed E-state index contributed by atoms with van der Waals surface area (Å²) in [5.74, 6) is 0. The third-order valence-corrected chi connectivity index (χ3v) is 2.36. The van der Waals surface area contributed by atoms with Gasteiger partial charge >= 0.3 is 6.18 Å². The molecule has 0 radical (unpaired) electrons. The smallest absolute Gasteiger partial charge is 0.382 e. The highest BCUT2D eigenvalue weighted by Crippen LogP contribution is 2.21. The van der Waals surface area contributed by atoms with E-state index in [9.17, 15) is 13.2 Å². The summed E-state index contributed by atoms with van der Waals surface area (Å²) in [7, 11) is 0. The first-order chi connectivity index (χ1) is 7.38. The van der Waals surface area contributed by atoms with Crippen LogP contribution in [0.2, 0.25) is 0 Å². The van der Waals surface area contributed by atoms with Gasteiger partial charge in [-0.05, 0) is 18.9 Å². The molecular formula is C10H15F3N2O. The van der Waals surface area contributed by atoms with Gasteiger partial charge in [0, 0.05) is 5.69 Å². The van der Waals surface area contributed by atoms with Crippen molar-refractivity contribution < 1.29 is 18.3 Å². The molecule has 0 saturated heterocycles. The summed E-state index contributed by atoms with van der Waals surface area (Å²) in [6, 6.07) is 1.77. The monoisotopic (exact) mass is 236 g/mol. The first-order valence-corrected chi connectivity index (χ1v) is 5.18. The van der Waals surface area contributed by atoms with Gasteiger partial charge in [-0.25, -0.2) is 0 Å². The van der Waals surface area contributed by atoms with Crippen LogP contribution in [0.4, 0.5) is 13.2 Å². The maximum atomic E-state index is 12.2. The molecule has 92 valence electrons. The van der Waals surface area contributed by atoms with Gasteiger partial charge < -0.3 is 5.11 Å². The topological polar surface area (TPSA) is 38.0 Å². The summed E-state index contributed by atoms with van der Waals surface area (Å²) in [6.45, 7) is 3.19. The molecule has 1 aromatic heterocycles. The normalized spacial score (nSPS) is 14.1. The zero-order chi connectivity index (χ0) is 12.3. The third-order valence-electron chi connectivity index (χ3n) is 2.36. The molecule has 0 amide bonds. The number of aromatic nitrogens is 2. The second-order valence-corrected chi connectivity index (χ2v) is 3.57. The Bertz CT molecular complexity index is 346. The van der Waals surface area contributed by atoms with Crippen LogP contribution in [0.5, 0.6) is 0 Å². The van der Waals surface area contributed by atoms with Crippen molar-refractivity contribution in [2.24, 2.45) is 0 Å². The van der Waals surface area contributed by atoms with Crippen molar-refractivity contribution in [2.45, 2.75) is 45.5 Å². The highest BCUT2D eigenvalue weighted by Gasteiger charge is 2.38. The van der Waals surface area contributed by atoms with Gasteiger partial charge in [0.05, 0.1) is 12.2 Å². The molecular weight excluding hydrogens is 221 g/mol. The van der Waals surface area contributed by atoms with Gasteiger partial charge in [-0.2, -0.15) is 18.3 Å². The Morgan fingerprint density at radius 3 is 2.44 bits per heavy atom. The van der Waals surface area contributed by atoms with Crippen LogP contribution in [0.1, 0.15) is 25.2 Å². The number of rotatable bonds is 4. The summed E-state index contributed by atoms with van der Waals surface area (Å²) in [4.78, 5) is 0. The van der Waals surface area contributed by atoms with E-state index in [0.29, 0.717) is 18.5 Å². The van der Waals surface area contributed by atoms with Crippen LogP contribution in [-0.2, 0) is 19.4 Å². The zero-order valence-corrected chi connectivity index (χ0v) is 9.25. The Morgan fingerprint density at radius 2 is 2.00 bits per heavy atom. The van der Waals surface area contributed by atoms with E-state index in [2.05, 4.69) is 5.10 Å². The van der Waals surface area contributed by atoms with Gasteiger partial charge in [-0.15, -0.1) is 0 Å². The van der Waals surface area contributed by atoms with Crippen LogP contribution < -0.4 is 0 Å². The lowest BCUT2D eigenvalue weighted by Gasteiger charge is -2.15. The van der Waals surface area contributed by atoms with E-state index >= 15 is 0 Å². The first-order valence-electron chi connectivity index (χ1n) is 5.18. The van der Waals surface area contributed by atoms with Crippen molar-refractivity contribution in [3.05, 3.63) is 17.5 Å². The summed E-state index contributed by atoms with van der Waals surface area (Å²) < 4.78 is 37.7. The van der Waals surface area contributed by atoms with E-state index in [1.807, 2.05) is 13.8 Å². The minimum Gasteiger partial charge on any atom is -0.382 e. The van der Waals surface area contributed by atoms with Gasteiger partial charge in [0.2, 0.25) is 0 Å². The number of hydrogen-bond acceptors (Lipinski definition) is 2. The first kappa shape index (κ1) is 13.0. The molecule has 1 rings (SSSR count). The van der Waals surface area contributed by atoms with Crippen molar-refractivity contribution >= 4 is 0 Å². The fraction of sp³-hybridized carbons (Fsp3) is 0.700. The average molecular weight is 236 g/mol. The molecule has 1 heterocycles. The van der Waals surface area contributed by atoms with E-state index in [4.69, 9.17) is 5.11 Å². The van der Waals surface area contributed by atoms with Crippen LogP contribution in [0.25, 0.3) is 0 Å². The Balaban J connectivity index is 2.83. The number of aliphatic hydroxyl groups is 1. The standard InChI is InChI=1S/C10H15F3N2O/c1-3-7-5-8(4-2)15(14-7)6-9(16)10(11,12)13/h5,9,16H,3-4,6H2,1-2H3. The Labute approximate surface area is 91.9 Å². The minimum absolute atomic E-state index is 0.535. The molecule has 0 saturated carbocycles. The molecule has 16 heavy (non-hydrogen) atoms. The number of aliphatic hydroxyl groups excluding tert-OH is 1. The van der Waals surface area contributed by atoms with Crippen molar-refractivity contribution in [1.82, 2.24) is 9.78 Å². The van der Waals surface area contributed by atoms with Crippen molar-refractivity contribution in [3.8, 4) is 0 Å². The van der Waals surface area contributed by atoms with Crippen molar-refractivity contribution in [1.29, 1.82) is 0 Å². The largest absolute Gasteiger partial charge is 0.416 e.